The summed E-state index contributed by atoms with van der Waals surface area (Å²) in [6.45, 7) is 4.07. The molecule has 0 bridgehead atoms. The second-order valence-corrected chi connectivity index (χ2v) is 6.02. The number of guanidine groups is 1. The van der Waals surface area contributed by atoms with Gasteiger partial charge in [-0.25, -0.2) is 0 Å². The maximum atomic E-state index is 4.39. The van der Waals surface area contributed by atoms with Crippen molar-refractivity contribution >= 4 is 5.96 Å². The zero-order chi connectivity index (χ0) is 15.2. The maximum absolute atomic E-state index is 4.39. The standard InChI is InChI=1S/C17H28N4/c1-14(21(4)16-10-11-16)12-19-17(18-2)20(3)13-15-8-6-5-7-9-15/h5-9,14,16H,10-13H2,1-4H3,(H,18,19). The van der Waals surface area contributed by atoms with Gasteiger partial charge in [-0.1, -0.05) is 30.3 Å². The first-order valence-corrected chi connectivity index (χ1v) is 7.79. The number of hydrogen-bond acceptors (Lipinski definition) is 2. The third kappa shape index (κ3) is 4.74. The van der Waals surface area contributed by atoms with Crippen LogP contribution in [0.5, 0.6) is 0 Å². The third-order valence-electron chi connectivity index (χ3n) is 4.21. The first-order chi connectivity index (χ1) is 10.1. The molecule has 1 aliphatic carbocycles. The molecule has 4 nitrogen and oxygen atoms in total. The summed E-state index contributed by atoms with van der Waals surface area (Å²) in [5.41, 5.74) is 1.30. The lowest BCUT2D eigenvalue weighted by molar-refractivity contribution is 0.246. The fraction of sp³-hybridized carbons (Fsp3) is 0.588. The molecule has 0 aliphatic heterocycles. The fourth-order valence-corrected chi connectivity index (χ4v) is 2.54. The first-order valence-electron chi connectivity index (χ1n) is 7.79. The Bertz CT molecular complexity index is 453. The summed E-state index contributed by atoms with van der Waals surface area (Å²) < 4.78 is 0. The van der Waals surface area contributed by atoms with Crippen LogP contribution in [-0.2, 0) is 6.54 Å². The van der Waals surface area contributed by atoms with Crippen molar-refractivity contribution < 1.29 is 0 Å². The molecule has 1 N–H and O–H groups in total. The zero-order valence-electron chi connectivity index (χ0n) is 13.7. The number of rotatable bonds is 6. The van der Waals surface area contributed by atoms with Crippen LogP contribution in [0, 0.1) is 0 Å². The van der Waals surface area contributed by atoms with Crippen LogP contribution in [0.3, 0.4) is 0 Å². The molecule has 0 radical (unpaired) electrons. The van der Waals surface area contributed by atoms with E-state index in [2.05, 4.69) is 65.4 Å². The SMILES string of the molecule is CN=C(NCC(C)N(C)C1CC1)N(C)Cc1ccccc1. The Labute approximate surface area is 128 Å². The summed E-state index contributed by atoms with van der Waals surface area (Å²) in [5.74, 6) is 0.954. The van der Waals surface area contributed by atoms with Crippen molar-refractivity contribution in [1.29, 1.82) is 0 Å². The second kappa shape index (κ2) is 7.46. The average Bonchev–Trinajstić information content (AvgIpc) is 3.32. The molecule has 0 aromatic heterocycles. The molecule has 0 heterocycles. The summed E-state index contributed by atoms with van der Waals surface area (Å²) in [5, 5.41) is 3.49. The predicted molar refractivity (Wildman–Crippen MR) is 89.5 cm³/mol. The van der Waals surface area contributed by atoms with Crippen LogP contribution in [0.4, 0.5) is 0 Å². The molecule has 2 rings (SSSR count). The van der Waals surface area contributed by atoms with Gasteiger partial charge in [0.05, 0.1) is 0 Å². The highest BCUT2D eigenvalue weighted by atomic mass is 15.3. The molecule has 0 spiro atoms. The molecule has 1 saturated carbocycles. The van der Waals surface area contributed by atoms with E-state index in [0.29, 0.717) is 6.04 Å². The van der Waals surface area contributed by atoms with Crippen LogP contribution in [0.25, 0.3) is 0 Å². The Hall–Kier alpha value is -1.55. The number of benzene rings is 1. The topological polar surface area (TPSA) is 30.9 Å². The lowest BCUT2D eigenvalue weighted by atomic mass is 10.2. The minimum atomic E-state index is 0.527. The fourth-order valence-electron chi connectivity index (χ4n) is 2.54. The number of aliphatic imine (C=N–C) groups is 1. The Kier molecular flexibility index (Phi) is 5.62. The van der Waals surface area contributed by atoms with Crippen LogP contribution in [0.15, 0.2) is 35.3 Å². The van der Waals surface area contributed by atoms with E-state index < -0.39 is 0 Å². The van der Waals surface area contributed by atoms with E-state index in [9.17, 15) is 0 Å². The average molecular weight is 288 g/mol. The van der Waals surface area contributed by atoms with Gasteiger partial charge in [0.25, 0.3) is 0 Å². The second-order valence-electron chi connectivity index (χ2n) is 6.02. The van der Waals surface area contributed by atoms with E-state index >= 15 is 0 Å². The van der Waals surface area contributed by atoms with Crippen molar-refractivity contribution in [1.82, 2.24) is 15.1 Å². The van der Waals surface area contributed by atoms with Crippen molar-refractivity contribution in [2.24, 2.45) is 4.99 Å². The van der Waals surface area contributed by atoms with E-state index in [1.54, 1.807) is 0 Å². The van der Waals surface area contributed by atoms with Crippen LogP contribution in [0.2, 0.25) is 0 Å². The highest BCUT2D eigenvalue weighted by molar-refractivity contribution is 5.79. The van der Waals surface area contributed by atoms with E-state index in [1.165, 1.54) is 18.4 Å². The molecule has 21 heavy (non-hydrogen) atoms. The molecule has 1 aromatic rings. The molecule has 1 aliphatic rings. The minimum Gasteiger partial charge on any atom is -0.355 e. The van der Waals surface area contributed by atoms with E-state index in [1.807, 2.05) is 13.1 Å². The summed E-state index contributed by atoms with van der Waals surface area (Å²) in [6.07, 6.45) is 2.70. The quantitative estimate of drug-likeness (QED) is 0.643. The van der Waals surface area contributed by atoms with Crippen LogP contribution in [0.1, 0.15) is 25.3 Å². The highest BCUT2D eigenvalue weighted by Crippen LogP contribution is 2.26. The van der Waals surface area contributed by atoms with Gasteiger partial charge < -0.3 is 10.2 Å². The highest BCUT2D eigenvalue weighted by Gasteiger charge is 2.29. The van der Waals surface area contributed by atoms with Crippen molar-refractivity contribution in [3.05, 3.63) is 35.9 Å². The summed E-state index contributed by atoms with van der Waals surface area (Å²) in [4.78, 5) is 9.02. The Morgan fingerprint density at radius 3 is 2.52 bits per heavy atom. The van der Waals surface area contributed by atoms with Gasteiger partial charge in [0.2, 0.25) is 0 Å². The van der Waals surface area contributed by atoms with Crippen LogP contribution >= 0.6 is 0 Å². The van der Waals surface area contributed by atoms with Crippen LogP contribution < -0.4 is 5.32 Å². The maximum Gasteiger partial charge on any atom is 0.193 e. The molecule has 1 unspecified atom stereocenters. The van der Waals surface area contributed by atoms with Gasteiger partial charge in [-0.05, 0) is 32.4 Å². The first kappa shape index (κ1) is 15.8. The minimum absolute atomic E-state index is 0.527. The van der Waals surface area contributed by atoms with Gasteiger partial charge in [-0.15, -0.1) is 0 Å². The van der Waals surface area contributed by atoms with Crippen LogP contribution in [-0.4, -0.2) is 55.5 Å². The number of likely N-dealkylation sites (N-methyl/N-ethyl adjacent to an activating group) is 1. The molecule has 1 aromatic carbocycles. The normalized spacial score (nSPS) is 16.9. The summed E-state index contributed by atoms with van der Waals surface area (Å²) >= 11 is 0. The summed E-state index contributed by atoms with van der Waals surface area (Å²) in [7, 11) is 6.15. The van der Waals surface area contributed by atoms with E-state index in [0.717, 1.165) is 25.1 Å². The molecule has 1 fully saturated rings. The van der Waals surface area contributed by atoms with Gasteiger partial charge >= 0.3 is 0 Å². The van der Waals surface area contributed by atoms with Gasteiger partial charge in [-0.3, -0.25) is 9.89 Å². The monoisotopic (exact) mass is 288 g/mol. The van der Waals surface area contributed by atoms with E-state index in [4.69, 9.17) is 0 Å². The van der Waals surface area contributed by atoms with E-state index in [-0.39, 0.29) is 0 Å². The van der Waals surface area contributed by atoms with Crippen molar-refractivity contribution in [2.75, 3.05) is 27.7 Å². The number of nitrogens with zero attached hydrogens (tertiary/aromatic N) is 3. The molecule has 116 valence electrons. The molecular weight excluding hydrogens is 260 g/mol. The van der Waals surface area contributed by atoms with Gasteiger partial charge in [0.15, 0.2) is 5.96 Å². The lowest BCUT2D eigenvalue weighted by Crippen LogP contribution is -2.45. The smallest absolute Gasteiger partial charge is 0.193 e. The number of hydrogen-bond donors (Lipinski definition) is 1. The molecule has 1 atom stereocenters. The number of nitrogens with one attached hydrogen (secondary N) is 1. The molecule has 0 amide bonds. The Morgan fingerprint density at radius 2 is 1.95 bits per heavy atom. The molecular formula is C17H28N4. The molecule has 0 saturated heterocycles. The summed E-state index contributed by atoms with van der Waals surface area (Å²) in [6, 6.07) is 11.8. The Morgan fingerprint density at radius 1 is 1.29 bits per heavy atom. The largest absolute Gasteiger partial charge is 0.355 e. The lowest BCUT2D eigenvalue weighted by Gasteiger charge is -2.28. The van der Waals surface area contributed by atoms with Gasteiger partial charge in [0, 0.05) is 39.3 Å². The van der Waals surface area contributed by atoms with Crippen molar-refractivity contribution in [3.63, 3.8) is 0 Å². The Balaban J connectivity index is 1.81. The van der Waals surface area contributed by atoms with Crippen molar-refractivity contribution in [2.45, 2.75) is 38.4 Å². The molecule has 4 heteroatoms. The zero-order valence-corrected chi connectivity index (χ0v) is 13.7. The van der Waals surface area contributed by atoms with Gasteiger partial charge in [-0.2, -0.15) is 0 Å². The van der Waals surface area contributed by atoms with Crippen molar-refractivity contribution in [3.8, 4) is 0 Å². The van der Waals surface area contributed by atoms with Gasteiger partial charge in [0.1, 0.15) is 0 Å². The third-order valence-corrected chi connectivity index (χ3v) is 4.21. The predicted octanol–water partition coefficient (Wildman–Crippen LogP) is 2.18.